The van der Waals surface area contributed by atoms with Crippen LogP contribution < -0.4 is 10.6 Å². The maximum Gasteiger partial charge on any atom is 0.408 e. The zero-order valence-electron chi connectivity index (χ0n) is 23.9. The van der Waals surface area contributed by atoms with Gasteiger partial charge in [0.2, 0.25) is 5.91 Å². The van der Waals surface area contributed by atoms with Crippen molar-refractivity contribution in [2.75, 3.05) is 5.32 Å². The number of hydrogen-bond donors (Lipinski definition) is 2. The topological polar surface area (TPSA) is 87.7 Å². The minimum atomic E-state index is -0.985. The number of carbonyl (C=O) groups excluding carboxylic acids is 3. The molecule has 0 heterocycles. The van der Waals surface area contributed by atoms with Crippen molar-refractivity contribution in [1.82, 2.24) is 10.2 Å². The first-order valence-corrected chi connectivity index (χ1v) is 13.7. The number of terminal acetylenes is 1. The monoisotopic (exact) mass is 531 g/mol. The maximum absolute atomic E-state index is 14.4. The average molecular weight is 532 g/mol. The fourth-order valence-corrected chi connectivity index (χ4v) is 4.66. The number of amides is 3. The van der Waals surface area contributed by atoms with E-state index in [1.807, 2.05) is 57.2 Å². The van der Waals surface area contributed by atoms with Crippen LogP contribution in [0.3, 0.4) is 0 Å². The third-order valence-electron chi connectivity index (χ3n) is 7.21. The fraction of sp³-hybridized carbons (Fsp3) is 0.469. The third kappa shape index (κ3) is 7.41. The zero-order valence-corrected chi connectivity index (χ0v) is 23.9. The number of nitrogens with zero attached hydrogens (tertiary/aromatic N) is 1. The van der Waals surface area contributed by atoms with Gasteiger partial charge in [-0.2, -0.15) is 0 Å². The Labute approximate surface area is 232 Å². The normalized spacial score (nSPS) is 15.6. The van der Waals surface area contributed by atoms with E-state index in [0.29, 0.717) is 23.2 Å². The van der Waals surface area contributed by atoms with Crippen molar-refractivity contribution in [2.24, 2.45) is 5.92 Å². The van der Waals surface area contributed by atoms with Crippen LogP contribution in [-0.2, 0) is 14.3 Å². The molecule has 0 saturated heterocycles. The molecule has 1 saturated carbocycles. The van der Waals surface area contributed by atoms with Crippen molar-refractivity contribution in [3.8, 4) is 12.3 Å². The van der Waals surface area contributed by atoms with Crippen LogP contribution in [0.2, 0.25) is 0 Å². The molecule has 2 N–H and O–H groups in total. The van der Waals surface area contributed by atoms with Crippen LogP contribution in [0.1, 0.15) is 83.0 Å². The Hall–Kier alpha value is -3.79. The van der Waals surface area contributed by atoms with Gasteiger partial charge in [0.1, 0.15) is 17.7 Å². The van der Waals surface area contributed by atoms with Gasteiger partial charge >= 0.3 is 6.09 Å². The van der Waals surface area contributed by atoms with Crippen LogP contribution in [0, 0.1) is 25.2 Å². The van der Waals surface area contributed by atoms with Crippen LogP contribution in [-0.4, -0.2) is 40.5 Å². The number of para-hydroxylation sites is 1. The van der Waals surface area contributed by atoms with Crippen LogP contribution in [0.15, 0.2) is 48.5 Å². The summed E-state index contributed by atoms with van der Waals surface area (Å²) in [4.78, 5) is 43.0. The van der Waals surface area contributed by atoms with E-state index >= 15 is 0 Å². The Morgan fingerprint density at radius 3 is 2.31 bits per heavy atom. The summed E-state index contributed by atoms with van der Waals surface area (Å²) in [6.45, 7) is 11.1. The van der Waals surface area contributed by atoms with Crippen LogP contribution >= 0.6 is 0 Å². The summed E-state index contributed by atoms with van der Waals surface area (Å²) in [5.41, 5.74) is 1.96. The lowest BCUT2D eigenvalue weighted by Crippen LogP contribution is -2.58. The first-order chi connectivity index (χ1) is 18.5. The minimum absolute atomic E-state index is 0.164. The average Bonchev–Trinajstić information content (AvgIpc) is 2.85. The smallest absolute Gasteiger partial charge is 0.408 e. The Morgan fingerprint density at radius 2 is 1.74 bits per heavy atom. The molecule has 0 aliphatic heterocycles. The van der Waals surface area contributed by atoms with E-state index < -0.39 is 23.8 Å². The lowest BCUT2D eigenvalue weighted by atomic mass is 9.86. The van der Waals surface area contributed by atoms with Crippen molar-refractivity contribution in [2.45, 2.75) is 91.0 Å². The first kappa shape index (κ1) is 29.8. The molecule has 3 amide bonds. The molecule has 0 spiro atoms. The van der Waals surface area contributed by atoms with Gasteiger partial charge in [-0.15, -0.1) is 6.42 Å². The minimum Gasteiger partial charge on any atom is -0.444 e. The van der Waals surface area contributed by atoms with Gasteiger partial charge in [-0.25, -0.2) is 4.79 Å². The van der Waals surface area contributed by atoms with Crippen LogP contribution in [0.4, 0.5) is 10.5 Å². The standard InChI is InChI=1S/C32H41N3O4/c1-8-21(3)27(34-31(38)39-32(5,6)7)30(37)35(24-17-14-18-24)28(25-19-12-11-16-23(25)9-2)29(36)33-26-20-13-10-15-22(26)4/h2,10-13,15-16,19-21,24,27-28H,8,14,17-18H2,1,3-7H3,(H,33,36)(H,34,38). The molecule has 1 fully saturated rings. The number of anilines is 1. The van der Waals surface area contributed by atoms with E-state index in [-0.39, 0.29) is 23.8 Å². The van der Waals surface area contributed by atoms with E-state index in [4.69, 9.17) is 11.2 Å². The van der Waals surface area contributed by atoms with E-state index in [1.165, 1.54) is 0 Å². The van der Waals surface area contributed by atoms with Crippen molar-refractivity contribution in [3.63, 3.8) is 0 Å². The van der Waals surface area contributed by atoms with Crippen LogP contribution in [0.25, 0.3) is 0 Å². The number of aryl methyl sites for hydroxylation is 1. The van der Waals surface area contributed by atoms with Gasteiger partial charge in [0.15, 0.2) is 0 Å². The number of nitrogens with one attached hydrogen (secondary N) is 2. The number of carbonyl (C=O) groups is 3. The second-order valence-corrected chi connectivity index (χ2v) is 11.3. The van der Waals surface area contributed by atoms with Gasteiger partial charge < -0.3 is 20.3 Å². The van der Waals surface area contributed by atoms with Gasteiger partial charge in [-0.3, -0.25) is 9.59 Å². The Kier molecular flexibility index (Phi) is 9.80. The second kappa shape index (κ2) is 12.8. The van der Waals surface area contributed by atoms with E-state index in [9.17, 15) is 14.4 Å². The van der Waals surface area contributed by atoms with Crippen LogP contribution in [0.5, 0.6) is 0 Å². The molecular formula is C32H41N3O4. The molecule has 3 atom stereocenters. The summed E-state index contributed by atoms with van der Waals surface area (Å²) < 4.78 is 5.49. The molecule has 0 aromatic heterocycles. The molecule has 2 aromatic rings. The number of ether oxygens (including phenoxy) is 1. The highest BCUT2D eigenvalue weighted by Crippen LogP contribution is 2.36. The predicted octanol–water partition coefficient (Wildman–Crippen LogP) is 5.98. The number of hydrogen-bond acceptors (Lipinski definition) is 4. The summed E-state index contributed by atoms with van der Waals surface area (Å²) in [7, 11) is 0. The maximum atomic E-state index is 14.4. The highest BCUT2D eigenvalue weighted by molar-refractivity contribution is 6.00. The van der Waals surface area contributed by atoms with Crippen molar-refractivity contribution < 1.29 is 19.1 Å². The van der Waals surface area contributed by atoms with Gasteiger partial charge in [-0.05, 0) is 76.1 Å². The van der Waals surface area contributed by atoms with Gasteiger partial charge in [0.25, 0.3) is 5.91 Å². The first-order valence-electron chi connectivity index (χ1n) is 13.7. The molecular weight excluding hydrogens is 490 g/mol. The predicted molar refractivity (Wildman–Crippen MR) is 154 cm³/mol. The summed E-state index contributed by atoms with van der Waals surface area (Å²) in [5.74, 6) is 1.81. The largest absolute Gasteiger partial charge is 0.444 e. The molecule has 1 aliphatic carbocycles. The summed E-state index contributed by atoms with van der Waals surface area (Å²) in [6, 6.07) is 12.7. The zero-order chi connectivity index (χ0) is 28.7. The Bertz CT molecular complexity index is 1220. The van der Waals surface area contributed by atoms with Crippen molar-refractivity contribution in [1.29, 1.82) is 0 Å². The molecule has 39 heavy (non-hydrogen) atoms. The molecule has 0 radical (unpaired) electrons. The summed E-state index contributed by atoms with van der Waals surface area (Å²) >= 11 is 0. The SMILES string of the molecule is C#Cc1ccccc1C(C(=O)Nc1ccccc1C)N(C(=O)C(NC(=O)OC(C)(C)C)C(C)CC)C1CCC1. The second-order valence-electron chi connectivity index (χ2n) is 11.3. The number of alkyl carbamates (subject to hydrolysis) is 1. The molecule has 7 heteroatoms. The summed E-state index contributed by atoms with van der Waals surface area (Å²) in [6.07, 6.45) is 8.31. The highest BCUT2D eigenvalue weighted by atomic mass is 16.6. The van der Waals surface area contributed by atoms with Gasteiger partial charge in [0, 0.05) is 17.3 Å². The molecule has 0 bridgehead atoms. The molecule has 2 aromatic carbocycles. The fourth-order valence-electron chi connectivity index (χ4n) is 4.66. The molecule has 7 nitrogen and oxygen atoms in total. The molecule has 3 unspecified atom stereocenters. The van der Waals surface area contributed by atoms with Crippen molar-refractivity contribution >= 4 is 23.6 Å². The Morgan fingerprint density at radius 1 is 1.10 bits per heavy atom. The molecule has 1 aliphatic rings. The molecule has 208 valence electrons. The van der Waals surface area contributed by atoms with E-state index in [2.05, 4.69) is 16.6 Å². The third-order valence-corrected chi connectivity index (χ3v) is 7.21. The van der Waals surface area contributed by atoms with Gasteiger partial charge in [-0.1, -0.05) is 62.6 Å². The van der Waals surface area contributed by atoms with E-state index in [1.54, 1.807) is 37.8 Å². The quantitative estimate of drug-likeness (QED) is 0.390. The van der Waals surface area contributed by atoms with Crippen molar-refractivity contribution in [3.05, 3.63) is 65.2 Å². The van der Waals surface area contributed by atoms with Gasteiger partial charge in [0.05, 0.1) is 0 Å². The van der Waals surface area contributed by atoms with E-state index in [0.717, 1.165) is 24.8 Å². The molecule has 3 rings (SSSR count). The summed E-state index contributed by atoms with van der Waals surface area (Å²) in [5, 5.41) is 5.85. The number of benzene rings is 2. The lowest BCUT2D eigenvalue weighted by molar-refractivity contribution is -0.147. The lowest BCUT2D eigenvalue weighted by Gasteiger charge is -2.44. The highest BCUT2D eigenvalue weighted by Gasteiger charge is 2.43. The Balaban J connectivity index is 2.09. The number of rotatable bonds is 9.